The minimum atomic E-state index is -3.34. The van der Waals surface area contributed by atoms with Gasteiger partial charge in [0.1, 0.15) is 5.78 Å². The highest BCUT2D eigenvalue weighted by atomic mass is 31.2. The van der Waals surface area contributed by atoms with Crippen LogP contribution in [-0.4, -0.2) is 20.8 Å². The summed E-state index contributed by atoms with van der Waals surface area (Å²) in [6.45, 7) is 4.01. The number of nitrogens with one attached hydrogen (secondary N) is 1. The fourth-order valence-corrected chi connectivity index (χ4v) is 3.24. The second kappa shape index (κ2) is 7.28. The van der Waals surface area contributed by atoms with Gasteiger partial charge in [-0.1, -0.05) is 42.8 Å². The molecule has 0 saturated carbocycles. The van der Waals surface area contributed by atoms with Crippen LogP contribution in [0, 0.1) is 12.3 Å². The Bertz CT molecular complexity index is 514. The van der Waals surface area contributed by atoms with Crippen LogP contribution in [-0.2, 0) is 13.6 Å². The van der Waals surface area contributed by atoms with Crippen molar-refractivity contribution in [1.29, 1.82) is 0 Å². The highest BCUT2D eigenvalue weighted by molar-refractivity contribution is 7.54. The Kier molecular flexibility index (Phi) is 6.01. The van der Waals surface area contributed by atoms with Crippen LogP contribution in [0.25, 0.3) is 6.08 Å². The van der Waals surface area contributed by atoms with Gasteiger partial charge in [0.25, 0.3) is 0 Å². The molecule has 1 aromatic rings. The molecule has 1 atom stereocenters. The SMILES string of the molecule is C#CCNC(c1ccccc1C=C)P(=O)(OC)OC. The summed E-state index contributed by atoms with van der Waals surface area (Å²) in [5.74, 6) is 1.82. The van der Waals surface area contributed by atoms with E-state index >= 15 is 0 Å². The molecule has 1 rings (SSSR count). The van der Waals surface area contributed by atoms with Crippen molar-refractivity contribution < 1.29 is 13.6 Å². The number of hydrogen-bond donors (Lipinski definition) is 1. The smallest absolute Gasteiger partial charge is 0.311 e. The molecule has 0 aliphatic rings. The first-order valence-corrected chi connectivity index (χ1v) is 7.33. The molecule has 1 N–H and O–H groups in total. The average Bonchev–Trinajstić information content (AvgIpc) is 2.47. The molecule has 5 heteroatoms. The third kappa shape index (κ3) is 3.56. The van der Waals surface area contributed by atoms with Crippen LogP contribution < -0.4 is 5.32 Å². The van der Waals surface area contributed by atoms with Crippen molar-refractivity contribution >= 4 is 13.7 Å². The molecule has 19 heavy (non-hydrogen) atoms. The third-order valence-corrected chi connectivity index (χ3v) is 4.84. The molecule has 0 aromatic heterocycles. The highest BCUT2D eigenvalue weighted by Gasteiger charge is 2.35. The lowest BCUT2D eigenvalue weighted by Crippen LogP contribution is -2.23. The fourth-order valence-electron chi connectivity index (χ4n) is 1.78. The van der Waals surface area contributed by atoms with Gasteiger partial charge < -0.3 is 9.05 Å². The molecular weight excluding hydrogens is 261 g/mol. The fraction of sp³-hybridized carbons (Fsp3) is 0.286. The largest absolute Gasteiger partial charge is 0.351 e. The van der Waals surface area contributed by atoms with E-state index in [0.717, 1.165) is 11.1 Å². The molecule has 0 amide bonds. The molecule has 1 unspecified atom stereocenters. The first-order valence-electron chi connectivity index (χ1n) is 5.72. The lowest BCUT2D eigenvalue weighted by Gasteiger charge is -2.26. The molecule has 0 aliphatic heterocycles. The van der Waals surface area contributed by atoms with Crippen molar-refractivity contribution in [2.24, 2.45) is 0 Å². The average molecular weight is 279 g/mol. The minimum Gasteiger partial charge on any atom is -0.311 e. The Labute approximate surface area is 114 Å². The second-order valence-electron chi connectivity index (χ2n) is 3.73. The maximum absolute atomic E-state index is 12.6. The Morgan fingerprint density at radius 3 is 2.63 bits per heavy atom. The van der Waals surface area contributed by atoms with Gasteiger partial charge in [0.15, 0.2) is 0 Å². The van der Waals surface area contributed by atoms with Crippen LogP contribution in [0.15, 0.2) is 30.8 Å². The summed E-state index contributed by atoms with van der Waals surface area (Å²) in [6, 6.07) is 7.45. The Morgan fingerprint density at radius 2 is 2.11 bits per heavy atom. The highest BCUT2D eigenvalue weighted by Crippen LogP contribution is 2.58. The van der Waals surface area contributed by atoms with Crippen LogP contribution in [0.1, 0.15) is 16.9 Å². The van der Waals surface area contributed by atoms with Crippen LogP contribution in [0.3, 0.4) is 0 Å². The maximum atomic E-state index is 12.6. The molecule has 4 nitrogen and oxygen atoms in total. The summed E-state index contributed by atoms with van der Waals surface area (Å²) >= 11 is 0. The van der Waals surface area contributed by atoms with Gasteiger partial charge in [-0.05, 0) is 11.1 Å². The van der Waals surface area contributed by atoms with Gasteiger partial charge in [0.2, 0.25) is 0 Å². The number of hydrogen-bond acceptors (Lipinski definition) is 4. The van der Waals surface area contributed by atoms with Crippen LogP contribution in [0.2, 0.25) is 0 Å². The van der Waals surface area contributed by atoms with Crippen molar-refractivity contribution in [3.8, 4) is 12.3 Å². The van der Waals surface area contributed by atoms with Crippen LogP contribution >= 0.6 is 7.60 Å². The molecule has 0 aliphatic carbocycles. The summed E-state index contributed by atoms with van der Waals surface area (Å²) in [4.78, 5) is 0. The van der Waals surface area contributed by atoms with Crippen molar-refractivity contribution in [3.05, 3.63) is 42.0 Å². The van der Waals surface area contributed by atoms with E-state index in [1.807, 2.05) is 24.3 Å². The van der Waals surface area contributed by atoms with E-state index in [4.69, 9.17) is 15.5 Å². The maximum Gasteiger partial charge on any atom is 0.351 e. The van der Waals surface area contributed by atoms with Crippen molar-refractivity contribution in [2.45, 2.75) is 5.78 Å². The summed E-state index contributed by atoms with van der Waals surface area (Å²) in [7, 11) is -0.632. The van der Waals surface area contributed by atoms with E-state index in [9.17, 15) is 4.57 Å². The number of terminal acetylenes is 1. The summed E-state index contributed by atoms with van der Waals surface area (Å²) < 4.78 is 22.8. The number of benzene rings is 1. The molecule has 0 bridgehead atoms. The van der Waals surface area contributed by atoms with Gasteiger partial charge in [-0.25, -0.2) is 0 Å². The van der Waals surface area contributed by atoms with Gasteiger partial charge in [-0.3, -0.25) is 9.88 Å². The van der Waals surface area contributed by atoms with Crippen LogP contribution in [0.4, 0.5) is 0 Å². The zero-order valence-corrected chi connectivity index (χ0v) is 12.0. The van der Waals surface area contributed by atoms with E-state index in [0.29, 0.717) is 0 Å². The zero-order valence-electron chi connectivity index (χ0n) is 11.1. The van der Waals surface area contributed by atoms with E-state index in [-0.39, 0.29) is 6.54 Å². The van der Waals surface area contributed by atoms with Gasteiger partial charge in [0.05, 0.1) is 6.54 Å². The Balaban J connectivity index is 3.27. The van der Waals surface area contributed by atoms with E-state index in [1.165, 1.54) is 14.2 Å². The summed E-state index contributed by atoms with van der Waals surface area (Å²) in [5.41, 5.74) is 1.63. The molecule has 0 radical (unpaired) electrons. The normalized spacial score (nSPS) is 12.7. The van der Waals surface area contributed by atoms with Crippen molar-refractivity contribution in [3.63, 3.8) is 0 Å². The second-order valence-corrected chi connectivity index (χ2v) is 6.05. The van der Waals surface area contributed by atoms with Gasteiger partial charge >= 0.3 is 7.60 Å². The molecule has 1 aromatic carbocycles. The lowest BCUT2D eigenvalue weighted by molar-refractivity contribution is 0.260. The molecule has 0 heterocycles. The van der Waals surface area contributed by atoms with E-state index < -0.39 is 13.4 Å². The molecular formula is C14H18NO3P. The number of rotatable bonds is 7. The van der Waals surface area contributed by atoms with E-state index in [2.05, 4.69) is 17.8 Å². The standard InChI is InChI=1S/C14H18NO3P/c1-5-11-15-14(19(16,17-3)18-4)13-10-8-7-9-12(13)6-2/h1,6-10,14-15H,2,11H2,3-4H3. The molecule has 0 saturated heterocycles. The third-order valence-electron chi connectivity index (χ3n) is 2.73. The topological polar surface area (TPSA) is 47.6 Å². The quantitative estimate of drug-likeness (QED) is 0.615. The lowest BCUT2D eigenvalue weighted by atomic mass is 10.1. The first-order chi connectivity index (χ1) is 9.12. The van der Waals surface area contributed by atoms with Crippen molar-refractivity contribution in [2.75, 3.05) is 20.8 Å². The zero-order chi connectivity index (χ0) is 14.3. The Hall–Kier alpha value is -1.37. The summed E-state index contributed by atoms with van der Waals surface area (Å²) in [5, 5.41) is 3.01. The molecule has 0 spiro atoms. The van der Waals surface area contributed by atoms with Crippen molar-refractivity contribution in [1.82, 2.24) is 5.32 Å². The van der Waals surface area contributed by atoms with Gasteiger partial charge in [-0.2, -0.15) is 0 Å². The van der Waals surface area contributed by atoms with Gasteiger partial charge in [0, 0.05) is 14.2 Å². The molecule has 102 valence electrons. The summed E-state index contributed by atoms with van der Waals surface area (Å²) in [6.07, 6.45) is 6.94. The first kappa shape index (κ1) is 15.7. The van der Waals surface area contributed by atoms with Gasteiger partial charge in [-0.15, -0.1) is 6.42 Å². The monoisotopic (exact) mass is 279 g/mol. The predicted molar refractivity (Wildman–Crippen MR) is 77.7 cm³/mol. The molecule has 0 fully saturated rings. The predicted octanol–water partition coefficient (Wildman–Crippen LogP) is 3.04. The van der Waals surface area contributed by atoms with E-state index in [1.54, 1.807) is 6.08 Å². The minimum absolute atomic E-state index is 0.257. The Morgan fingerprint density at radius 1 is 1.47 bits per heavy atom. The van der Waals surface area contributed by atoms with Crippen LogP contribution in [0.5, 0.6) is 0 Å².